The molecule has 0 bridgehead atoms. The summed E-state index contributed by atoms with van der Waals surface area (Å²) in [5.74, 6) is 0.878. The highest BCUT2D eigenvalue weighted by Gasteiger charge is 2.31. The molecular formula is C21H20N2O2. The first kappa shape index (κ1) is 15.5. The quantitative estimate of drug-likeness (QED) is 0.676. The molecule has 4 nitrogen and oxygen atoms in total. The average molecular weight is 332 g/mol. The average Bonchev–Trinajstić information content (AvgIpc) is 3.05. The minimum absolute atomic E-state index is 0.0603. The number of hydrogen-bond donors (Lipinski definition) is 0. The zero-order valence-electron chi connectivity index (χ0n) is 14.2. The van der Waals surface area contributed by atoms with Gasteiger partial charge in [-0.05, 0) is 29.8 Å². The summed E-state index contributed by atoms with van der Waals surface area (Å²) in [7, 11) is 1.65. The first-order chi connectivity index (χ1) is 12.2. The minimum Gasteiger partial charge on any atom is -0.497 e. The minimum atomic E-state index is 0.0603. The molecule has 0 aliphatic carbocycles. The predicted molar refractivity (Wildman–Crippen MR) is 98.9 cm³/mol. The van der Waals surface area contributed by atoms with E-state index in [2.05, 4.69) is 17.2 Å². The number of ether oxygens (including phenoxy) is 1. The van der Waals surface area contributed by atoms with Crippen molar-refractivity contribution in [2.45, 2.75) is 12.6 Å². The maximum Gasteiger partial charge on any atom is 0.270 e. The van der Waals surface area contributed by atoms with E-state index in [0.717, 1.165) is 27.9 Å². The summed E-state index contributed by atoms with van der Waals surface area (Å²) in [6.45, 7) is 5.19. The van der Waals surface area contributed by atoms with Gasteiger partial charge < -0.3 is 14.2 Å². The number of amides is 1. The van der Waals surface area contributed by atoms with E-state index in [1.165, 1.54) is 0 Å². The maximum absolute atomic E-state index is 13.0. The van der Waals surface area contributed by atoms with Gasteiger partial charge in [0, 0.05) is 24.0 Å². The second-order valence-electron chi connectivity index (χ2n) is 6.30. The lowest BCUT2D eigenvalue weighted by Crippen LogP contribution is -2.41. The van der Waals surface area contributed by atoms with Crippen molar-refractivity contribution in [1.29, 1.82) is 0 Å². The van der Waals surface area contributed by atoms with Crippen LogP contribution in [0.25, 0.3) is 10.9 Å². The van der Waals surface area contributed by atoms with Crippen molar-refractivity contribution in [2.75, 3.05) is 13.7 Å². The van der Waals surface area contributed by atoms with Crippen LogP contribution in [0.2, 0.25) is 0 Å². The molecule has 0 saturated heterocycles. The Hall–Kier alpha value is -3.01. The van der Waals surface area contributed by atoms with Crippen LogP contribution in [0.5, 0.6) is 5.75 Å². The van der Waals surface area contributed by atoms with Gasteiger partial charge in [-0.3, -0.25) is 4.79 Å². The third-order valence-corrected chi connectivity index (χ3v) is 4.80. The number of carbonyl (C=O) groups excluding carboxylic acids is 1. The summed E-state index contributed by atoms with van der Waals surface area (Å²) >= 11 is 0. The van der Waals surface area contributed by atoms with E-state index in [-0.39, 0.29) is 11.9 Å². The summed E-state index contributed by atoms with van der Waals surface area (Å²) in [6.07, 6.45) is 1.92. The van der Waals surface area contributed by atoms with Gasteiger partial charge in [0.1, 0.15) is 11.4 Å². The van der Waals surface area contributed by atoms with E-state index in [1.54, 1.807) is 7.11 Å². The Bertz CT molecular complexity index is 940. The van der Waals surface area contributed by atoms with E-state index in [0.29, 0.717) is 13.1 Å². The number of fused-ring (bicyclic) bond motifs is 3. The van der Waals surface area contributed by atoms with Gasteiger partial charge in [-0.15, -0.1) is 6.58 Å². The monoisotopic (exact) mass is 332 g/mol. The number of para-hydroxylation sites is 1. The van der Waals surface area contributed by atoms with Crippen molar-refractivity contribution in [3.05, 3.63) is 78.5 Å². The highest BCUT2D eigenvalue weighted by atomic mass is 16.5. The lowest BCUT2D eigenvalue weighted by Gasteiger charge is -2.33. The molecule has 1 aliphatic rings. The standard InChI is InChI=1S/C21H20N2O2/c1-3-17-14-22(13-15-8-10-18(25-2)11-9-15)21(24)20-12-16-6-4-5-7-19(16)23(17)20/h3-12,17H,1,13-14H2,2H3/t17-/m0/s1. The number of hydrogen-bond acceptors (Lipinski definition) is 2. The van der Waals surface area contributed by atoms with Gasteiger partial charge in [0.25, 0.3) is 5.91 Å². The van der Waals surface area contributed by atoms with E-state index < -0.39 is 0 Å². The summed E-state index contributed by atoms with van der Waals surface area (Å²) in [5, 5.41) is 1.09. The van der Waals surface area contributed by atoms with Crippen molar-refractivity contribution < 1.29 is 9.53 Å². The van der Waals surface area contributed by atoms with E-state index in [9.17, 15) is 4.79 Å². The van der Waals surface area contributed by atoms with Crippen LogP contribution in [0.15, 0.2) is 67.3 Å². The fourth-order valence-electron chi connectivity index (χ4n) is 3.52. The molecule has 4 heteroatoms. The molecule has 1 atom stereocenters. The molecule has 25 heavy (non-hydrogen) atoms. The first-order valence-corrected chi connectivity index (χ1v) is 8.36. The summed E-state index contributed by atoms with van der Waals surface area (Å²) in [6, 6.07) is 18.0. The molecule has 0 fully saturated rings. The number of methoxy groups -OCH3 is 1. The topological polar surface area (TPSA) is 34.5 Å². The van der Waals surface area contributed by atoms with E-state index >= 15 is 0 Å². The second kappa shape index (κ2) is 6.13. The van der Waals surface area contributed by atoms with Crippen molar-refractivity contribution in [1.82, 2.24) is 9.47 Å². The van der Waals surface area contributed by atoms with Gasteiger partial charge in [-0.2, -0.15) is 0 Å². The third kappa shape index (κ3) is 2.60. The number of benzene rings is 2. The van der Waals surface area contributed by atoms with Crippen LogP contribution < -0.4 is 4.74 Å². The third-order valence-electron chi connectivity index (χ3n) is 4.80. The fourth-order valence-corrected chi connectivity index (χ4v) is 3.52. The van der Waals surface area contributed by atoms with Gasteiger partial charge in [0.2, 0.25) is 0 Å². The molecule has 1 amide bonds. The molecular weight excluding hydrogens is 312 g/mol. The Morgan fingerprint density at radius 2 is 1.96 bits per heavy atom. The van der Waals surface area contributed by atoms with Crippen molar-refractivity contribution in [3.8, 4) is 5.75 Å². The van der Waals surface area contributed by atoms with Crippen molar-refractivity contribution in [2.24, 2.45) is 0 Å². The Morgan fingerprint density at radius 3 is 2.68 bits per heavy atom. The summed E-state index contributed by atoms with van der Waals surface area (Å²) in [4.78, 5) is 14.9. The van der Waals surface area contributed by atoms with Crippen LogP contribution in [0.1, 0.15) is 22.1 Å². The molecule has 0 saturated carbocycles. The highest BCUT2D eigenvalue weighted by Crippen LogP contribution is 2.31. The molecule has 1 aromatic heterocycles. The SMILES string of the molecule is C=C[C@H]1CN(Cc2ccc(OC)cc2)C(=O)c2cc3ccccc3n21. The molecule has 3 aromatic rings. The van der Waals surface area contributed by atoms with Crippen molar-refractivity contribution in [3.63, 3.8) is 0 Å². The number of nitrogens with zero attached hydrogens (tertiary/aromatic N) is 2. The van der Waals surface area contributed by atoms with Crippen LogP contribution in [-0.2, 0) is 6.54 Å². The number of aromatic nitrogens is 1. The molecule has 126 valence electrons. The van der Waals surface area contributed by atoms with Crippen LogP contribution in [0, 0.1) is 0 Å². The first-order valence-electron chi connectivity index (χ1n) is 8.36. The highest BCUT2D eigenvalue weighted by molar-refractivity contribution is 5.99. The van der Waals surface area contributed by atoms with Crippen LogP contribution in [-0.4, -0.2) is 29.0 Å². The lowest BCUT2D eigenvalue weighted by molar-refractivity contribution is 0.0676. The van der Waals surface area contributed by atoms with E-state index in [4.69, 9.17) is 4.74 Å². The molecule has 0 radical (unpaired) electrons. The molecule has 0 N–H and O–H groups in total. The molecule has 2 heterocycles. The number of carbonyl (C=O) groups is 1. The zero-order valence-corrected chi connectivity index (χ0v) is 14.2. The van der Waals surface area contributed by atoms with Gasteiger partial charge in [-0.25, -0.2) is 0 Å². The largest absolute Gasteiger partial charge is 0.497 e. The molecule has 1 aliphatic heterocycles. The Kier molecular flexibility index (Phi) is 3.80. The smallest absolute Gasteiger partial charge is 0.270 e. The van der Waals surface area contributed by atoms with Gasteiger partial charge in [-0.1, -0.05) is 36.4 Å². The van der Waals surface area contributed by atoms with Crippen molar-refractivity contribution >= 4 is 16.8 Å². The van der Waals surface area contributed by atoms with Crippen LogP contribution in [0.4, 0.5) is 0 Å². The summed E-state index contributed by atoms with van der Waals surface area (Å²) in [5.41, 5.74) is 2.90. The second-order valence-corrected chi connectivity index (χ2v) is 6.30. The molecule has 0 spiro atoms. The number of rotatable bonds is 4. The van der Waals surface area contributed by atoms with Crippen LogP contribution in [0.3, 0.4) is 0 Å². The van der Waals surface area contributed by atoms with Gasteiger partial charge in [0.05, 0.1) is 13.2 Å². The van der Waals surface area contributed by atoms with Gasteiger partial charge in [0.15, 0.2) is 0 Å². The lowest BCUT2D eigenvalue weighted by atomic mass is 10.1. The molecule has 4 rings (SSSR count). The maximum atomic E-state index is 13.0. The predicted octanol–water partition coefficient (Wildman–Crippen LogP) is 4.03. The Morgan fingerprint density at radius 1 is 1.20 bits per heavy atom. The zero-order chi connectivity index (χ0) is 17.4. The Labute approximate surface area is 146 Å². The van der Waals surface area contributed by atoms with Crippen LogP contribution >= 0.6 is 0 Å². The summed E-state index contributed by atoms with van der Waals surface area (Å²) < 4.78 is 7.30. The Balaban J connectivity index is 1.69. The fraction of sp³-hybridized carbons (Fsp3) is 0.190. The molecule has 2 aromatic carbocycles. The van der Waals surface area contributed by atoms with E-state index in [1.807, 2.05) is 59.5 Å². The normalized spacial score (nSPS) is 16.8. The molecule has 0 unspecified atom stereocenters. The van der Waals surface area contributed by atoms with Gasteiger partial charge >= 0.3 is 0 Å².